The maximum absolute atomic E-state index is 11.0. The molecule has 0 amide bonds. The number of hydrogen-bond acceptors (Lipinski definition) is 1. The van der Waals surface area contributed by atoms with Gasteiger partial charge in [0.15, 0.2) is 5.78 Å². The predicted molar refractivity (Wildman–Crippen MR) is 44.6 cm³/mol. The van der Waals surface area contributed by atoms with Gasteiger partial charge in [0.2, 0.25) is 0 Å². The molecular weight excluding hydrogens is 174 g/mol. The van der Waals surface area contributed by atoms with Crippen LogP contribution in [0.1, 0.15) is 26.7 Å². The van der Waals surface area contributed by atoms with Crippen LogP contribution in [0.4, 0.5) is 0 Å². The molecule has 0 saturated carbocycles. The maximum Gasteiger partial charge on any atom is 0.187 e. The van der Waals surface area contributed by atoms with E-state index in [4.69, 9.17) is 0 Å². The third kappa shape index (κ3) is 4.07. The maximum atomic E-state index is 11.0. The molecule has 1 unspecified atom stereocenters. The van der Waals surface area contributed by atoms with Gasteiger partial charge in [0, 0.05) is 18.8 Å². The van der Waals surface area contributed by atoms with Crippen LogP contribution in [0.15, 0.2) is 0 Å². The monoisotopic (exact) mass is 191 g/mol. The lowest BCUT2D eigenvalue weighted by molar-refractivity contribution is -0.897. The van der Waals surface area contributed by atoms with Crippen molar-refractivity contribution in [3.8, 4) is 0 Å². The third-order valence-corrected chi connectivity index (χ3v) is 2.13. The van der Waals surface area contributed by atoms with E-state index in [9.17, 15) is 4.79 Å². The molecule has 1 heterocycles. The molecule has 1 aliphatic heterocycles. The van der Waals surface area contributed by atoms with E-state index in [1.54, 1.807) is 0 Å². The average molecular weight is 192 g/mol. The molecule has 1 fully saturated rings. The van der Waals surface area contributed by atoms with Gasteiger partial charge in [0.05, 0.1) is 13.1 Å². The van der Waals surface area contributed by atoms with Crippen molar-refractivity contribution >= 4 is 5.78 Å². The van der Waals surface area contributed by atoms with E-state index in [2.05, 4.69) is 13.8 Å². The highest BCUT2D eigenvalue weighted by Gasteiger charge is 2.20. The summed E-state index contributed by atoms with van der Waals surface area (Å²) in [6, 6.07) is 0. The summed E-state index contributed by atoms with van der Waals surface area (Å²) in [5.41, 5.74) is 0. The van der Waals surface area contributed by atoms with Gasteiger partial charge >= 0.3 is 0 Å². The van der Waals surface area contributed by atoms with Gasteiger partial charge in [-0.15, -0.1) is 0 Å². The Kier molecular flexibility index (Phi) is 5.51. The fourth-order valence-electron chi connectivity index (χ4n) is 1.74. The fraction of sp³-hybridized carbons (Fsp3) is 0.889. The minimum absolute atomic E-state index is 0. The predicted octanol–water partition coefficient (Wildman–Crippen LogP) is -3.11. The Morgan fingerprint density at radius 2 is 2.17 bits per heavy atom. The summed E-state index contributed by atoms with van der Waals surface area (Å²) in [7, 11) is 0. The Labute approximate surface area is 80.7 Å². The SMILES string of the molecule is CC(C)C[NH+]1CCCC(=O)C1.[Cl-]. The summed E-state index contributed by atoms with van der Waals surface area (Å²) in [5.74, 6) is 1.17. The fourth-order valence-corrected chi connectivity index (χ4v) is 1.74. The van der Waals surface area contributed by atoms with Crippen LogP contribution in [0, 0.1) is 5.92 Å². The van der Waals surface area contributed by atoms with Gasteiger partial charge in [-0.3, -0.25) is 4.79 Å². The van der Waals surface area contributed by atoms with Crippen molar-refractivity contribution in [2.75, 3.05) is 19.6 Å². The van der Waals surface area contributed by atoms with Crippen molar-refractivity contribution in [1.29, 1.82) is 0 Å². The highest BCUT2D eigenvalue weighted by atomic mass is 35.5. The number of carbonyl (C=O) groups excluding carboxylic acids is 1. The van der Waals surface area contributed by atoms with Crippen molar-refractivity contribution in [2.24, 2.45) is 5.92 Å². The normalized spacial score (nSPS) is 23.9. The number of quaternary nitrogens is 1. The van der Waals surface area contributed by atoms with E-state index in [0.29, 0.717) is 5.78 Å². The van der Waals surface area contributed by atoms with Crippen LogP contribution in [0.2, 0.25) is 0 Å². The smallest absolute Gasteiger partial charge is 0.187 e. The van der Waals surface area contributed by atoms with Crippen LogP contribution >= 0.6 is 0 Å². The number of likely N-dealkylation sites (tertiary alicyclic amines) is 1. The molecule has 0 aromatic rings. The van der Waals surface area contributed by atoms with Gasteiger partial charge in [-0.1, -0.05) is 13.8 Å². The van der Waals surface area contributed by atoms with Crippen LogP contribution in [0.25, 0.3) is 0 Å². The van der Waals surface area contributed by atoms with Crippen molar-refractivity contribution in [2.45, 2.75) is 26.7 Å². The summed E-state index contributed by atoms with van der Waals surface area (Å²) in [6.07, 6.45) is 1.92. The number of rotatable bonds is 2. The molecule has 0 aromatic heterocycles. The number of ketones is 1. The molecule has 0 aliphatic carbocycles. The van der Waals surface area contributed by atoms with Gasteiger partial charge in [-0.05, 0) is 0 Å². The van der Waals surface area contributed by atoms with Crippen LogP contribution in [-0.4, -0.2) is 25.4 Å². The highest BCUT2D eigenvalue weighted by Crippen LogP contribution is 1.92. The van der Waals surface area contributed by atoms with Gasteiger partial charge in [-0.2, -0.15) is 0 Å². The standard InChI is InChI=1S/C9H17NO.ClH/c1-8(2)6-10-5-3-4-9(11)7-10;/h8H,3-7H2,1-2H3;1H. The van der Waals surface area contributed by atoms with Gasteiger partial charge in [0.25, 0.3) is 0 Å². The molecule has 1 rings (SSSR count). The Bertz CT molecular complexity index is 147. The third-order valence-electron chi connectivity index (χ3n) is 2.13. The minimum atomic E-state index is 0. The average Bonchev–Trinajstić information content (AvgIpc) is 1.85. The first-order chi connectivity index (χ1) is 5.18. The van der Waals surface area contributed by atoms with Crippen molar-refractivity contribution in [3.63, 3.8) is 0 Å². The van der Waals surface area contributed by atoms with Crippen LogP contribution < -0.4 is 17.3 Å². The van der Waals surface area contributed by atoms with Gasteiger partial charge in [-0.25, -0.2) is 0 Å². The van der Waals surface area contributed by atoms with Gasteiger partial charge in [0.1, 0.15) is 6.54 Å². The van der Waals surface area contributed by atoms with E-state index < -0.39 is 0 Å². The highest BCUT2D eigenvalue weighted by molar-refractivity contribution is 5.79. The molecule has 3 heteroatoms. The number of piperidine rings is 1. The number of halogens is 1. The first-order valence-corrected chi connectivity index (χ1v) is 4.53. The molecule has 1 saturated heterocycles. The quantitative estimate of drug-likeness (QED) is 0.491. The summed E-state index contributed by atoms with van der Waals surface area (Å²) in [5, 5.41) is 0. The zero-order valence-electron chi connectivity index (χ0n) is 7.90. The van der Waals surface area contributed by atoms with Crippen molar-refractivity contribution in [1.82, 2.24) is 0 Å². The first kappa shape index (κ1) is 11.9. The molecule has 1 atom stereocenters. The lowest BCUT2D eigenvalue weighted by Crippen LogP contribution is -3.14. The molecule has 1 N–H and O–H groups in total. The number of Topliss-reactive ketones (excluding diaryl/α,β-unsaturated/α-hetero) is 1. The molecule has 72 valence electrons. The molecule has 0 radical (unpaired) electrons. The molecule has 0 spiro atoms. The van der Waals surface area contributed by atoms with Crippen LogP contribution in [0.5, 0.6) is 0 Å². The Morgan fingerprint density at radius 3 is 2.67 bits per heavy atom. The summed E-state index contributed by atoms with van der Waals surface area (Å²) in [6.45, 7) is 7.56. The largest absolute Gasteiger partial charge is 1.00 e. The zero-order valence-corrected chi connectivity index (χ0v) is 8.66. The second-order valence-corrected chi connectivity index (χ2v) is 3.92. The van der Waals surface area contributed by atoms with E-state index in [1.165, 1.54) is 11.4 Å². The number of hydrogen-bond donors (Lipinski definition) is 1. The van der Waals surface area contributed by atoms with Gasteiger partial charge < -0.3 is 17.3 Å². The topological polar surface area (TPSA) is 21.5 Å². The molecule has 1 aliphatic rings. The van der Waals surface area contributed by atoms with E-state index >= 15 is 0 Å². The minimum Gasteiger partial charge on any atom is -1.00 e. The van der Waals surface area contributed by atoms with Crippen molar-refractivity contribution in [3.05, 3.63) is 0 Å². The second kappa shape index (κ2) is 5.55. The summed E-state index contributed by atoms with van der Waals surface area (Å²) < 4.78 is 0. The Hall–Kier alpha value is -0.0800. The lowest BCUT2D eigenvalue weighted by atomic mass is 10.1. The first-order valence-electron chi connectivity index (χ1n) is 4.53. The van der Waals surface area contributed by atoms with E-state index in [0.717, 1.165) is 31.8 Å². The lowest BCUT2D eigenvalue weighted by Gasteiger charge is -2.23. The molecule has 12 heavy (non-hydrogen) atoms. The van der Waals surface area contributed by atoms with Crippen molar-refractivity contribution < 1.29 is 22.1 Å². The Morgan fingerprint density at radius 1 is 1.50 bits per heavy atom. The zero-order chi connectivity index (χ0) is 8.27. The Balaban J connectivity index is 0.00000121. The number of nitrogens with one attached hydrogen (secondary N) is 1. The number of carbonyl (C=O) groups is 1. The summed E-state index contributed by atoms with van der Waals surface area (Å²) >= 11 is 0. The molecule has 0 aromatic carbocycles. The molecule has 0 bridgehead atoms. The summed E-state index contributed by atoms with van der Waals surface area (Å²) in [4.78, 5) is 12.5. The molecule has 2 nitrogen and oxygen atoms in total. The second-order valence-electron chi connectivity index (χ2n) is 3.92. The van der Waals surface area contributed by atoms with E-state index in [1.807, 2.05) is 0 Å². The van der Waals surface area contributed by atoms with E-state index in [-0.39, 0.29) is 12.4 Å². The van der Waals surface area contributed by atoms with Crippen LogP contribution in [0.3, 0.4) is 0 Å². The van der Waals surface area contributed by atoms with Crippen LogP contribution in [-0.2, 0) is 4.79 Å². The molecular formula is C9H18ClNO.